The van der Waals surface area contributed by atoms with E-state index in [1.807, 2.05) is 60.3 Å². The lowest BCUT2D eigenvalue weighted by Crippen LogP contribution is -2.42. The van der Waals surface area contributed by atoms with E-state index < -0.39 is 6.10 Å². The zero-order valence-corrected chi connectivity index (χ0v) is 13.7. The number of nitrogens with one attached hydrogen (secondary N) is 1. The Labute approximate surface area is 144 Å². The quantitative estimate of drug-likeness (QED) is 0.591. The highest BCUT2D eigenvalue weighted by atomic mass is 16.6. The third kappa shape index (κ3) is 2.94. The normalized spacial score (nSPS) is 16.3. The van der Waals surface area contributed by atoms with Crippen molar-refractivity contribution in [3.05, 3.63) is 60.3 Å². The molecule has 0 bridgehead atoms. The van der Waals surface area contributed by atoms with Crippen LogP contribution >= 0.6 is 0 Å². The van der Waals surface area contributed by atoms with Crippen molar-refractivity contribution in [2.75, 3.05) is 6.61 Å². The summed E-state index contributed by atoms with van der Waals surface area (Å²) < 4.78 is 13.2. The Balaban J connectivity index is 1.44. The van der Waals surface area contributed by atoms with Gasteiger partial charge in [-0.15, -0.1) is 0 Å². The van der Waals surface area contributed by atoms with Crippen LogP contribution in [0.5, 0.6) is 11.5 Å². The number of carbonyl (C=O) groups excluding carboxylic acids is 1. The molecule has 6 heteroatoms. The second kappa shape index (κ2) is 6.32. The summed E-state index contributed by atoms with van der Waals surface area (Å²) >= 11 is 0. The number of hydrogen-bond acceptors (Lipinski definition) is 4. The summed E-state index contributed by atoms with van der Waals surface area (Å²) in [7, 11) is 1.98. The molecule has 0 unspecified atom stereocenters. The molecular formula is C19H17N3O3. The van der Waals surface area contributed by atoms with Gasteiger partial charge in [0.25, 0.3) is 5.91 Å². The Morgan fingerprint density at radius 1 is 1.20 bits per heavy atom. The van der Waals surface area contributed by atoms with Crippen LogP contribution < -0.4 is 14.9 Å². The Bertz CT molecular complexity index is 961. The molecular weight excluding hydrogens is 318 g/mol. The molecule has 126 valence electrons. The molecule has 1 aromatic heterocycles. The first kappa shape index (κ1) is 15.3. The highest BCUT2D eigenvalue weighted by Crippen LogP contribution is 2.30. The van der Waals surface area contributed by atoms with Gasteiger partial charge in [-0.2, -0.15) is 5.10 Å². The zero-order valence-electron chi connectivity index (χ0n) is 13.7. The predicted octanol–water partition coefficient (Wildman–Crippen LogP) is 2.47. The fourth-order valence-electron chi connectivity index (χ4n) is 2.86. The van der Waals surface area contributed by atoms with Gasteiger partial charge < -0.3 is 14.0 Å². The van der Waals surface area contributed by atoms with E-state index in [0.717, 1.165) is 16.5 Å². The van der Waals surface area contributed by atoms with Crippen molar-refractivity contribution < 1.29 is 14.3 Å². The molecule has 1 atom stereocenters. The third-order valence-electron chi connectivity index (χ3n) is 4.11. The Morgan fingerprint density at radius 2 is 1.96 bits per heavy atom. The summed E-state index contributed by atoms with van der Waals surface area (Å²) in [5.74, 6) is 0.865. The van der Waals surface area contributed by atoms with Crippen LogP contribution in [0.1, 0.15) is 5.56 Å². The number of carbonyl (C=O) groups is 1. The molecule has 4 rings (SSSR count). The molecule has 0 radical (unpaired) electrons. The lowest BCUT2D eigenvalue weighted by Gasteiger charge is -2.24. The van der Waals surface area contributed by atoms with E-state index in [1.54, 1.807) is 12.3 Å². The minimum Gasteiger partial charge on any atom is -0.485 e. The molecule has 2 aromatic carbocycles. The van der Waals surface area contributed by atoms with Crippen LogP contribution in [0.2, 0.25) is 0 Å². The molecule has 3 aromatic rings. The number of ether oxygens (including phenoxy) is 2. The monoisotopic (exact) mass is 335 g/mol. The number of hydrogen-bond donors (Lipinski definition) is 1. The SMILES string of the molecule is Cn1cc(/C=N\NC(=O)[C@@H]2COc3ccccc3O2)c2ccccc21. The predicted molar refractivity (Wildman–Crippen MR) is 95.0 cm³/mol. The van der Waals surface area contributed by atoms with Crippen molar-refractivity contribution in [2.45, 2.75) is 6.10 Å². The van der Waals surface area contributed by atoms with Crippen LogP contribution in [0, 0.1) is 0 Å². The van der Waals surface area contributed by atoms with Gasteiger partial charge in [0, 0.05) is 29.7 Å². The van der Waals surface area contributed by atoms with Gasteiger partial charge in [-0.25, -0.2) is 5.43 Å². The van der Waals surface area contributed by atoms with Crippen molar-refractivity contribution in [3.8, 4) is 11.5 Å². The van der Waals surface area contributed by atoms with E-state index in [-0.39, 0.29) is 12.5 Å². The molecule has 0 aliphatic carbocycles. The molecule has 0 saturated heterocycles. The molecule has 1 aliphatic rings. The van der Waals surface area contributed by atoms with E-state index in [9.17, 15) is 4.79 Å². The van der Waals surface area contributed by atoms with E-state index >= 15 is 0 Å². The number of aryl methyl sites for hydroxylation is 1. The average Bonchev–Trinajstić information content (AvgIpc) is 2.97. The van der Waals surface area contributed by atoms with Gasteiger partial charge in [0.1, 0.15) is 6.61 Å². The van der Waals surface area contributed by atoms with Gasteiger partial charge in [-0.3, -0.25) is 4.79 Å². The molecule has 1 aliphatic heterocycles. The van der Waals surface area contributed by atoms with Crippen LogP contribution in [0.4, 0.5) is 0 Å². The Hall–Kier alpha value is -3.28. The van der Waals surface area contributed by atoms with E-state index in [1.165, 1.54) is 0 Å². The van der Waals surface area contributed by atoms with Crippen molar-refractivity contribution >= 4 is 23.0 Å². The third-order valence-corrected chi connectivity index (χ3v) is 4.11. The molecule has 25 heavy (non-hydrogen) atoms. The summed E-state index contributed by atoms with van der Waals surface area (Å²) in [5.41, 5.74) is 4.56. The second-order valence-corrected chi connectivity index (χ2v) is 5.81. The number of amides is 1. The van der Waals surface area contributed by atoms with Crippen molar-refractivity contribution in [1.82, 2.24) is 9.99 Å². The molecule has 6 nitrogen and oxygen atoms in total. The lowest BCUT2D eigenvalue weighted by atomic mass is 10.2. The van der Waals surface area contributed by atoms with Gasteiger partial charge in [-0.05, 0) is 18.2 Å². The number of fused-ring (bicyclic) bond motifs is 2. The number of hydrazone groups is 1. The van der Waals surface area contributed by atoms with Crippen LogP contribution in [0.25, 0.3) is 10.9 Å². The van der Waals surface area contributed by atoms with Crippen LogP contribution in [0.15, 0.2) is 59.8 Å². The van der Waals surface area contributed by atoms with Crippen LogP contribution in [0.3, 0.4) is 0 Å². The summed E-state index contributed by atoms with van der Waals surface area (Å²) in [6, 6.07) is 15.3. The maximum Gasteiger partial charge on any atom is 0.284 e. The van der Waals surface area contributed by atoms with Gasteiger partial charge in [0.15, 0.2) is 11.5 Å². The summed E-state index contributed by atoms with van der Waals surface area (Å²) in [6.45, 7) is 0.159. The molecule has 0 spiro atoms. The molecule has 1 N–H and O–H groups in total. The van der Waals surface area contributed by atoms with E-state index in [2.05, 4.69) is 10.5 Å². The Morgan fingerprint density at radius 3 is 2.84 bits per heavy atom. The minimum absolute atomic E-state index is 0.159. The smallest absolute Gasteiger partial charge is 0.284 e. The lowest BCUT2D eigenvalue weighted by molar-refractivity contribution is -0.130. The standard InChI is InChI=1S/C19H17N3O3/c1-22-11-13(14-6-2-3-7-15(14)22)10-20-21-19(23)18-12-24-16-8-4-5-9-17(16)25-18/h2-11,18H,12H2,1H3,(H,21,23)/b20-10-/t18-/m0/s1. The summed E-state index contributed by atoms with van der Waals surface area (Å²) in [4.78, 5) is 12.2. The first-order chi connectivity index (χ1) is 12.2. The van der Waals surface area contributed by atoms with Gasteiger partial charge >= 0.3 is 0 Å². The van der Waals surface area contributed by atoms with Gasteiger partial charge in [0.2, 0.25) is 6.10 Å². The van der Waals surface area contributed by atoms with Crippen molar-refractivity contribution in [3.63, 3.8) is 0 Å². The number of benzene rings is 2. The molecule has 0 fully saturated rings. The fraction of sp³-hybridized carbons (Fsp3) is 0.158. The van der Waals surface area contributed by atoms with Crippen LogP contribution in [-0.2, 0) is 11.8 Å². The molecule has 2 heterocycles. The second-order valence-electron chi connectivity index (χ2n) is 5.81. The molecule has 1 amide bonds. The van der Waals surface area contributed by atoms with E-state index in [4.69, 9.17) is 9.47 Å². The number of para-hydroxylation sites is 3. The van der Waals surface area contributed by atoms with Crippen molar-refractivity contribution in [2.24, 2.45) is 12.1 Å². The number of rotatable bonds is 3. The fourth-order valence-corrected chi connectivity index (χ4v) is 2.86. The van der Waals surface area contributed by atoms with E-state index in [0.29, 0.717) is 11.5 Å². The first-order valence-corrected chi connectivity index (χ1v) is 7.98. The zero-order chi connectivity index (χ0) is 17.2. The topological polar surface area (TPSA) is 64.9 Å². The highest BCUT2D eigenvalue weighted by molar-refractivity contribution is 5.99. The summed E-state index contributed by atoms with van der Waals surface area (Å²) in [5, 5.41) is 5.14. The highest BCUT2D eigenvalue weighted by Gasteiger charge is 2.26. The average molecular weight is 335 g/mol. The van der Waals surface area contributed by atoms with Gasteiger partial charge in [0.05, 0.1) is 6.21 Å². The number of aromatic nitrogens is 1. The largest absolute Gasteiger partial charge is 0.485 e. The molecule has 0 saturated carbocycles. The maximum atomic E-state index is 12.2. The number of nitrogens with zero attached hydrogens (tertiary/aromatic N) is 2. The van der Waals surface area contributed by atoms with Crippen molar-refractivity contribution in [1.29, 1.82) is 0 Å². The van der Waals surface area contributed by atoms with Crippen LogP contribution in [-0.4, -0.2) is 29.4 Å². The van der Waals surface area contributed by atoms with Gasteiger partial charge in [-0.1, -0.05) is 30.3 Å². The summed E-state index contributed by atoms with van der Waals surface area (Å²) in [6.07, 6.45) is 2.88. The Kier molecular flexibility index (Phi) is 3.85. The maximum absolute atomic E-state index is 12.2. The first-order valence-electron chi connectivity index (χ1n) is 7.98. The minimum atomic E-state index is -0.723.